The Bertz CT molecular complexity index is 930. The van der Waals surface area contributed by atoms with Gasteiger partial charge in [0.25, 0.3) is 5.91 Å². The van der Waals surface area contributed by atoms with Crippen molar-refractivity contribution in [3.63, 3.8) is 0 Å². The van der Waals surface area contributed by atoms with Crippen LogP contribution in [0.25, 0.3) is 22.0 Å². The van der Waals surface area contributed by atoms with Crippen LogP contribution in [0.3, 0.4) is 0 Å². The Balaban J connectivity index is 1.93. The van der Waals surface area contributed by atoms with Crippen LogP contribution in [0, 0.1) is 6.92 Å². The Morgan fingerprint density at radius 3 is 3.04 bits per heavy atom. The zero-order valence-electron chi connectivity index (χ0n) is 12.7. The van der Waals surface area contributed by atoms with Gasteiger partial charge in [-0.25, -0.2) is 0 Å². The summed E-state index contributed by atoms with van der Waals surface area (Å²) in [5, 5.41) is 8.32. The number of nitrogens with zero attached hydrogens (tertiary/aromatic N) is 2. The summed E-state index contributed by atoms with van der Waals surface area (Å²) in [6.07, 6.45) is 2.37. The molecule has 6 heteroatoms. The first-order chi connectivity index (χ1) is 11.1. The smallest absolute Gasteiger partial charge is 0.267 e. The maximum atomic E-state index is 11.6. The van der Waals surface area contributed by atoms with Crippen LogP contribution in [-0.4, -0.2) is 27.7 Å². The average Bonchev–Trinajstić information content (AvgIpc) is 2.94. The van der Waals surface area contributed by atoms with Gasteiger partial charge < -0.3 is 10.5 Å². The van der Waals surface area contributed by atoms with E-state index in [0.29, 0.717) is 25.3 Å². The van der Waals surface area contributed by atoms with E-state index in [0.717, 1.165) is 38.9 Å². The molecule has 1 amide bonds. The van der Waals surface area contributed by atoms with Crippen molar-refractivity contribution in [3.05, 3.63) is 46.9 Å². The SMILES string of the molecule is Cc1[nH]nc2ccc(-c3cnc(C(N)=O)c4c3COCC4)cc12. The van der Waals surface area contributed by atoms with Gasteiger partial charge in [0.05, 0.1) is 18.7 Å². The standard InChI is InChI=1S/C17H16N4O2/c1-9-12-6-10(2-3-15(12)21-20-9)13-7-19-16(17(18)22)11-4-5-23-8-14(11)13/h2-3,6-7H,4-5,8H2,1H3,(H2,18,22)(H,20,21). The van der Waals surface area contributed by atoms with E-state index in [9.17, 15) is 4.79 Å². The Morgan fingerprint density at radius 2 is 2.22 bits per heavy atom. The van der Waals surface area contributed by atoms with Crippen molar-refractivity contribution < 1.29 is 9.53 Å². The van der Waals surface area contributed by atoms with E-state index in [1.807, 2.05) is 19.1 Å². The highest BCUT2D eigenvalue weighted by atomic mass is 16.5. The number of nitrogens with one attached hydrogen (secondary N) is 1. The maximum absolute atomic E-state index is 11.6. The molecule has 0 atom stereocenters. The van der Waals surface area contributed by atoms with Crippen molar-refractivity contribution in [1.29, 1.82) is 0 Å². The highest BCUT2D eigenvalue weighted by molar-refractivity contribution is 5.94. The largest absolute Gasteiger partial charge is 0.376 e. The first kappa shape index (κ1) is 13.9. The van der Waals surface area contributed by atoms with Crippen molar-refractivity contribution >= 4 is 16.8 Å². The van der Waals surface area contributed by atoms with Crippen LogP contribution in [-0.2, 0) is 17.8 Å². The van der Waals surface area contributed by atoms with Crippen molar-refractivity contribution in [3.8, 4) is 11.1 Å². The molecule has 0 bridgehead atoms. The monoisotopic (exact) mass is 308 g/mol. The number of aromatic amines is 1. The fraction of sp³-hybridized carbons (Fsp3) is 0.235. The fourth-order valence-corrected chi connectivity index (χ4v) is 3.14. The van der Waals surface area contributed by atoms with Crippen LogP contribution in [0.2, 0.25) is 0 Å². The zero-order chi connectivity index (χ0) is 16.0. The molecule has 23 heavy (non-hydrogen) atoms. The molecule has 4 rings (SSSR count). The van der Waals surface area contributed by atoms with E-state index >= 15 is 0 Å². The van der Waals surface area contributed by atoms with Gasteiger partial charge in [0.1, 0.15) is 5.69 Å². The molecule has 1 aromatic carbocycles. The van der Waals surface area contributed by atoms with Crippen LogP contribution in [0.4, 0.5) is 0 Å². The number of amides is 1. The second-order valence-corrected chi connectivity index (χ2v) is 5.72. The number of ether oxygens (including phenoxy) is 1. The number of aromatic nitrogens is 3. The Labute approximate surface area is 132 Å². The van der Waals surface area contributed by atoms with E-state index in [2.05, 4.69) is 21.2 Å². The summed E-state index contributed by atoms with van der Waals surface area (Å²) >= 11 is 0. The number of primary amides is 1. The van der Waals surface area contributed by atoms with Gasteiger partial charge in [-0.05, 0) is 42.2 Å². The molecule has 0 radical (unpaired) electrons. The number of carbonyl (C=O) groups excluding carboxylic acids is 1. The fourth-order valence-electron chi connectivity index (χ4n) is 3.14. The molecule has 0 aliphatic carbocycles. The topological polar surface area (TPSA) is 93.9 Å². The number of pyridine rings is 1. The molecule has 6 nitrogen and oxygen atoms in total. The van der Waals surface area contributed by atoms with Crippen LogP contribution in [0.5, 0.6) is 0 Å². The van der Waals surface area contributed by atoms with Gasteiger partial charge in [0, 0.05) is 22.8 Å². The number of nitrogens with two attached hydrogens (primary N) is 1. The number of carbonyl (C=O) groups is 1. The number of rotatable bonds is 2. The molecule has 0 saturated carbocycles. The molecule has 3 aromatic rings. The number of hydrogen-bond donors (Lipinski definition) is 2. The van der Waals surface area contributed by atoms with Crippen molar-refractivity contribution in [1.82, 2.24) is 15.2 Å². The molecule has 2 aromatic heterocycles. The molecule has 0 unspecified atom stereocenters. The highest BCUT2D eigenvalue weighted by Gasteiger charge is 2.22. The normalized spacial score (nSPS) is 14.0. The molecule has 0 saturated heterocycles. The third kappa shape index (κ3) is 2.19. The third-order valence-corrected chi connectivity index (χ3v) is 4.33. The lowest BCUT2D eigenvalue weighted by Gasteiger charge is -2.21. The summed E-state index contributed by atoms with van der Waals surface area (Å²) < 4.78 is 5.59. The molecule has 0 fully saturated rings. The molecule has 1 aliphatic heterocycles. The molecular weight excluding hydrogens is 292 g/mol. The van der Waals surface area contributed by atoms with Gasteiger partial charge >= 0.3 is 0 Å². The molecule has 3 N–H and O–H groups in total. The summed E-state index contributed by atoms with van der Waals surface area (Å²) in [7, 11) is 0. The number of fused-ring (bicyclic) bond motifs is 2. The summed E-state index contributed by atoms with van der Waals surface area (Å²) in [6, 6.07) is 6.08. The lowest BCUT2D eigenvalue weighted by atomic mass is 9.93. The van der Waals surface area contributed by atoms with Crippen molar-refractivity contribution in [2.45, 2.75) is 20.0 Å². The van der Waals surface area contributed by atoms with E-state index < -0.39 is 5.91 Å². The molecule has 116 valence electrons. The van der Waals surface area contributed by atoms with Gasteiger partial charge in [0.15, 0.2) is 0 Å². The summed E-state index contributed by atoms with van der Waals surface area (Å²) in [5.74, 6) is -0.490. The third-order valence-electron chi connectivity index (χ3n) is 4.33. The van der Waals surface area contributed by atoms with E-state index in [1.165, 1.54) is 0 Å². The lowest BCUT2D eigenvalue weighted by molar-refractivity contribution is 0.0979. The zero-order valence-corrected chi connectivity index (χ0v) is 12.7. The van der Waals surface area contributed by atoms with Crippen LogP contribution < -0.4 is 5.73 Å². The summed E-state index contributed by atoms with van der Waals surface area (Å²) in [6.45, 7) is 3.04. The predicted octanol–water partition coefficient (Wildman–Crippen LogP) is 2.10. The second kappa shape index (κ2) is 5.17. The van der Waals surface area contributed by atoms with Gasteiger partial charge in [-0.1, -0.05) is 6.07 Å². The average molecular weight is 308 g/mol. The number of benzene rings is 1. The van der Waals surface area contributed by atoms with Crippen molar-refractivity contribution in [2.24, 2.45) is 5.73 Å². The lowest BCUT2D eigenvalue weighted by Crippen LogP contribution is -2.21. The van der Waals surface area contributed by atoms with Crippen LogP contribution in [0.15, 0.2) is 24.4 Å². The predicted molar refractivity (Wildman–Crippen MR) is 85.9 cm³/mol. The van der Waals surface area contributed by atoms with Crippen molar-refractivity contribution in [2.75, 3.05) is 6.61 Å². The van der Waals surface area contributed by atoms with Crippen LogP contribution >= 0.6 is 0 Å². The number of hydrogen-bond acceptors (Lipinski definition) is 4. The van der Waals surface area contributed by atoms with Gasteiger partial charge in [-0.15, -0.1) is 0 Å². The molecule has 3 heterocycles. The van der Waals surface area contributed by atoms with Crippen LogP contribution in [0.1, 0.15) is 27.3 Å². The Hall–Kier alpha value is -2.73. The minimum Gasteiger partial charge on any atom is -0.376 e. The van der Waals surface area contributed by atoms with E-state index in [1.54, 1.807) is 6.20 Å². The number of aryl methyl sites for hydroxylation is 1. The quantitative estimate of drug-likeness (QED) is 0.758. The highest BCUT2D eigenvalue weighted by Crippen LogP contribution is 2.32. The van der Waals surface area contributed by atoms with Gasteiger partial charge in [-0.3, -0.25) is 14.9 Å². The molecule has 0 spiro atoms. The Morgan fingerprint density at radius 1 is 1.35 bits per heavy atom. The van der Waals surface area contributed by atoms with Gasteiger partial charge in [-0.2, -0.15) is 5.10 Å². The summed E-state index contributed by atoms with van der Waals surface area (Å²) in [4.78, 5) is 15.9. The first-order valence-electron chi connectivity index (χ1n) is 7.48. The molecule has 1 aliphatic rings. The molecular formula is C17H16N4O2. The summed E-state index contributed by atoms with van der Waals surface area (Å²) in [5.41, 5.74) is 11.7. The minimum absolute atomic E-state index is 0.354. The second-order valence-electron chi connectivity index (χ2n) is 5.72. The number of H-pyrrole nitrogens is 1. The van der Waals surface area contributed by atoms with Gasteiger partial charge in [0.2, 0.25) is 0 Å². The minimum atomic E-state index is -0.490. The van der Waals surface area contributed by atoms with E-state index in [-0.39, 0.29) is 0 Å². The first-order valence-corrected chi connectivity index (χ1v) is 7.48. The Kier molecular flexibility index (Phi) is 3.12. The maximum Gasteiger partial charge on any atom is 0.267 e. The van der Waals surface area contributed by atoms with E-state index in [4.69, 9.17) is 10.5 Å².